The maximum absolute atomic E-state index is 5.21. The van der Waals surface area contributed by atoms with Crippen molar-refractivity contribution < 1.29 is 9.15 Å². The van der Waals surface area contributed by atoms with E-state index in [4.69, 9.17) is 15.6 Å². The van der Waals surface area contributed by atoms with E-state index >= 15 is 0 Å². The minimum atomic E-state index is -0.0546. The molecule has 11 heavy (non-hydrogen) atoms. The lowest BCUT2D eigenvalue weighted by Crippen LogP contribution is -1.98. The molecule has 0 aliphatic carbocycles. The lowest BCUT2D eigenvalue weighted by atomic mass is 10.3. The molecule has 1 aromatic rings. The van der Waals surface area contributed by atoms with Gasteiger partial charge in [0, 0.05) is 0 Å². The molecule has 2 heteroatoms. The van der Waals surface area contributed by atoms with E-state index in [1.807, 2.05) is 19.1 Å². The summed E-state index contributed by atoms with van der Waals surface area (Å²) >= 11 is 0. The first-order chi connectivity index (χ1) is 5.34. The van der Waals surface area contributed by atoms with Crippen molar-refractivity contribution in [1.29, 1.82) is 0 Å². The molecule has 0 saturated heterocycles. The number of furan rings is 1. The van der Waals surface area contributed by atoms with E-state index in [1.165, 1.54) is 0 Å². The standard InChI is InChI=1S/C9H10O2/c1-3-6-10-8(2)9-5-4-7-11-9/h1,4-5,7-8H,6H2,2H3. The van der Waals surface area contributed by atoms with Crippen LogP contribution in [0.3, 0.4) is 0 Å². The van der Waals surface area contributed by atoms with Crippen LogP contribution < -0.4 is 0 Å². The summed E-state index contributed by atoms with van der Waals surface area (Å²) in [7, 11) is 0. The van der Waals surface area contributed by atoms with Crippen LogP contribution in [0.2, 0.25) is 0 Å². The lowest BCUT2D eigenvalue weighted by molar-refractivity contribution is 0.0752. The Morgan fingerprint density at radius 2 is 2.64 bits per heavy atom. The fraction of sp³-hybridized carbons (Fsp3) is 0.333. The Labute approximate surface area is 66.2 Å². The molecule has 0 aliphatic heterocycles. The highest BCUT2D eigenvalue weighted by Gasteiger charge is 2.06. The molecule has 0 amide bonds. The van der Waals surface area contributed by atoms with E-state index in [2.05, 4.69) is 5.92 Å². The van der Waals surface area contributed by atoms with E-state index < -0.39 is 0 Å². The predicted octanol–water partition coefficient (Wildman–Crippen LogP) is 1.99. The summed E-state index contributed by atoms with van der Waals surface area (Å²) in [5.74, 6) is 3.20. The fourth-order valence-electron chi connectivity index (χ4n) is 0.778. The summed E-state index contributed by atoms with van der Waals surface area (Å²) in [6.45, 7) is 2.22. The maximum Gasteiger partial charge on any atom is 0.132 e. The average molecular weight is 150 g/mol. The lowest BCUT2D eigenvalue weighted by Gasteiger charge is -2.06. The SMILES string of the molecule is C#CCOC(C)c1ccco1. The third-order valence-corrected chi connectivity index (χ3v) is 1.36. The van der Waals surface area contributed by atoms with Crippen LogP contribution in [0, 0.1) is 12.3 Å². The normalized spacial score (nSPS) is 12.4. The van der Waals surface area contributed by atoms with E-state index in [0.29, 0.717) is 6.61 Å². The quantitative estimate of drug-likeness (QED) is 0.615. The molecule has 1 atom stereocenters. The summed E-state index contributed by atoms with van der Waals surface area (Å²) in [5, 5.41) is 0. The van der Waals surface area contributed by atoms with Crippen LogP contribution in [0.1, 0.15) is 18.8 Å². The Kier molecular flexibility index (Phi) is 2.76. The third-order valence-electron chi connectivity index (χ3n) is 1.36. The van der Waals surface area contributed by atoms with E-state index in [9.17, 15) is 0 Å². The van der Waals surface area contributed by atoms with Crippen molar-refractivity contribution in [3.8, 4) is 12.3 Å². The molecule has 0 saturated carbocycles. The molecule has 1 aromatic heterocycles. The van der Waals surface area contributed by atoms with Crippen molar-refractivity contribution in [2.45, 2.75) is 13.0 Å². The first-order valence-electron chi connectivity index (χ1n) is 3.43. The van der Waals surface area contributed by atoms with Crippen molar-refractivity contribution in [3.63, 3.8) is 0 Å². The summed E-state index contributed by atoms with van der Waals surface area (Å²) < 4.78 is 10.3. The Hall–Kier alpha value is -1.20. The van der Waals surface area contributed by atoms with Gasteiger partial charge in [-0.15, -0.1) is 6.42 Å². The van der Waals surface area contributed by atoms with Gasteiger partial charge in [0.15, 0.2) is 0 Å². The number of terminal acetylenes is 1. The first kappa shape index (κ1) is 7.90. The minimum absolute atomic E-state index is 0.0546. The molecule has 0 fully saturated rings. The monoisotopic (exact) mass is 150 g/mol. The van der Waals surface area contributed by atoms with Gasteiger partial charge in [0.2, 0.25) is 0 Å². The maximum atomic E-state index is 5.21. The van der Waals surface area contributed by atoms with Crippen LogP contribution in [-0.4, -0.2) is 6.61 Å². The van der Waals surface area contributed by atoms with Gasteiger partial charge in [-0.25, -0.2) is 0 Å². The zero-order chi connectivity index (χ0) is 8.10. The Morgan fingerprint density at radius 1 is 1.82 bits per heavy atom. The fourth-order valence-corrected chi connectivity index (χ4v) is 0.778. The second-order valence-corrected chi connectivity index (χ2v) is 2.17. The topological polar surface area (TPSA) is 22.4 Å². The van der Waals surface area contributed by atoms with Crippen molar-refractivity contribution in [1.82, 2.24) is 0 Å². The summed E-state index contributed by atoms with van der Waals surface area (Å²) in [5.41, 5.74) is 0. The second kappa shape index (κ2) is 3.85. The molecule has 0 aromatic carbocycles. The van der Waals surface area contributed by atoms with E-state index in [-0.39, 0.29) is 6.10 Å². The summed E-state index contributed by atoms with van der Waals surface area (Å²) in [6, 6.07) is 3.69. The average Bonchev–Trinajstić information content (AvgIpc) is 2.52. The van der Waals surface area contributed by atoms with Crippen LogP contribution in [0.5, 0.6) is 0 Å². The predicted molar refractivity (Wildman–Crippen MR) is 41.9 cm³/mol. The zero-order valence-electron chi connectivity index (χ0n) is 6.41. The van der Waals surface area contributed by atoms with Gasteiger partial charge < -0.3 is 9.15 Å². The molecular weight excluding hydrogens is 140 g/mol. The molecule has 0 bridgehead atoms. The van der Waals surface area contributed by atoms with Gasteiger partial charge in [-0.2, -0.15) is 0 Å². The molecule has 0 radical (unpaired) electrons. The summed E-state index contributed by atoms with van der Waals surface area (Å²) in [4.78, 5) is 0. The van der Waals surface area contributed by atoms with E-state index in [1.54, 1.807) is 6.26 Å². The van der Waals surface area contributed by atoms with Crippen LogP contribution in [0.4, 0.5) is 0 Å². The molecule has 1 unspecified atom stereocenters. The minimum Gasteiger partial charge on any atom is -0.467 e. The second-order valence-electron chi connectivity index (χ2n) is 2.17. The third kappa shape index (κ3) is 2.14. The van der Waals surface area contributed by atoms with Gasteiger partial charge in [-0.05, 0) is 19.1 Å². The highest BCUT2D eigenvalue weighted by Crippen LogP contribution is 2.15. The Balaban J connectivity index is 2.44. The van der Waals surface area contributed by atoms with Crippen molar-refractivity contribution in [2.75, 3.05) is 6.61 Å². The largest absolute Gasteiger partial charge is 0.467 e. The van der Waals surface area contributed by atoms with Crippen molar-refractivity contribution in [2.24, 2.45) is 0 Å². The number of hydrogen-bond acceptors (Lipinski definition) is 2. The highest BCUT2D eigenvalue weighted by molar-refractivity contribution is 5.01. The first-order valence-corrected chi connectivity index (χ1v) is 3.43. The van der Waals surface area contributed by atoms with E-state index in [0.717, 1.165) is 5.76 Å². The molecule has 58 valence electrons. The molecule has 1 rings (SSSR count). The van der Waals surface area contributed by atoms with Gasteiger partial charge in [-0.3, -0.25) is 0 Å². The Bertz CT molecular complexity index is 231. The zero-order valence-corrected chi connectivity index (χ0v) is 6.41. The van der Waals surface area contributed by atoms with Crippen LogP contribution in [0.25, 0.3) is 0 Å². The number of rotatable bonds is 3. The number of ether oxygens (including phenoxy) is 1. The van der Waals surface area contributed by atoms with Crippen molar-refractivity contribution in [3.05, 3.63) is 24.2 Å². The van der Waals surface area contributed by atoms with Gasteiger partial charge in [0.25, 0.3) is 0 Å². The van der Waals surface area contributed by atoms with Gasteiger partial charge in [0.1, 0.15) is 18.5 Å². The van der Waals surface area contributed by atoms with Gasteiger partial charge in [0.05, 0.1) is 6.26 Å². The highest BCUT2D eigenvalue weighted by atomic mass is 16.5. The van der Waals surface area contributed by atoms with Gasteiger partial charge in [-0.1, -0.05) is 5.92 Å². The molecule has 0 aliphatic rings. The molecule has 0 N–H and O–H groups in total. The molecule has 2 nitrogen and oxygen atoms in total. The number of hydrogen-bond donors (Lipinski definition) is 0. The smallest absolute Gasteiger partial charge is 0.132 e. The molecule has 0 spiro atoms. The van der Waals surface area contributed by atoms with Crippen LogP contribution in [0.15, 0.2) is 22.8 Å². The van der Waals surface area contributed by atoms with Gasteiger partial charge >= 0.3 is 0 Å². The summed E-state index contributed by atoms with van der Waals surface area (Å²) in [6.07, 6.45) is 6.59. The van der Waals surface area contributed by atoms with Crippen LogP contribution in [-0.2, 0) is 4.74 Å². The van der Waals surface area contributed by atoms with Crippen molar-refractivity contribution >= 4 is 0 Å². The molecule has 1 heterocycles. The Morgan fingerprint density at radius 3 is 3.18 bits per heavy atom. The molecular formula is C9H10O2. The van der Waals surface area contributed by atoms with Crippen LogP contribution >= 0.6 is 0 Å².